The van der Waals surface area contributed by atoms with Crippen molar-refractivity contribution >= 4 is 15.9 Å². The Morgan fingerprint density at radius 3 is 2.44 bits per heavy atom. The van der Waals surface area contributed by atoms with Gasteiger partial charge < -0.3 is 10.0 Å². The average Bonchev–Trinajstić information content (AvgIpc) is 2.37. The second-order valence-electron chi connectivity index (χ2n) is 4.87. The van der Waals surface area contributed by atoms with Gasteiger partial charge in [-0.05, 0) is 44.1 Å². The fourth-order valence-electron chi connectivity index (χ4n) is 1.94. The maximum atomic E-state index is 10.1. The molecule has 0 saturated carbocycles. The van der Waals surface area contributed by atoms with Gasteiger partial charge in [0.15, 0.2) is 0 Å². The lowest BCUT2D eigenvalue weighted by Gasteiger charge is -2.19. The largest absolute Gasteiger partial charge is 0.388 e. The molecule has 0 radical (unpaired) electrons. The zero-order valence-electron chi connectivity index (χ0n) is 11.4. The lowest BCUT2D eigenvalue weighted by molar-refractivity contribution is 0.148. The second kappa shape index (κ2) is 8.68. The molecule has 0 aromatic heterocycles. The van der Waals surface area contributed by atoms with Crippen molar-refractivity contribution < 1.29 is 5.11 Å². The Labute approximate surface area is 119 Å². The number of nitrogens with zero attached hydrogens (tertiary/aromatic N) is 1. The highest BCUT2D eigenvalue weighted by Crippen LogP contribution is 2.19. The van der Waals surface area contributed by atoms with Gasteiger partial charge in [0.25, 0.3) is 0 Å². The molecule has 1 unspecified atom stereocenters. The van der Waals surface area contributed by atoms with Gasteiger partial charge in [-0.3, -0.25) is 0 Å². The van der Waals surface area contributed by atoms with Crippen LogP contribution in [0, 0.1) is 0 Å². The lowest BCUT2D eigenvalue weighted by Crippen LogP contribution is -2.22. The van der Waals surface area contributed by atoms with Crippen molar-refractivity contribution in [2.45, 2.75) is 38.7 Å². The molecular formula is C15H24BrNO. The first-order valence-corrected chi connectivity index (χ1v) is 7.55. The van der Waals surface area contributed by atoms with Crippen LogP contribution < -0.4 is 0 Å². The SMILES string of the molecule is CCCCCN(C)CCC(O)c1ccc(Br)cc1. The van der Waals surface area contributed by atoms with Gasteiger partial charge in [-0.25, -0.2) is 0 Å². The standard InChI is InChI=1S/C15H24BrNO/c1-3-4-5-11-17(2)12-10-15(18)13-6-8-14(16)9-7-13/h6-9,15,18H,3-5,10-12H2,1-2H3. The maximum Gasteiger partial charge on any atom is 0.0802 e. The van der Waals surface area contributed by atoms with Crippen molar-refractivity contribution in [1.82, 2.24) is 4.90 Å². The van der Waals surface area contributed by atoms with Gasteiger partial charge in [0.2, 0.25) is 0 Å². The number of halogens is 1. The van der Waals surface area contributed by atoms with E-state index in [0.29, 0.717) is 0 Å². The number of unbranched alkanes of at least 4 members (excludes halogenated alkanes) is 2. The van der Waals surface area contributed by atoms with Crippen LogP contribution in [-0.4, -0.2) is 30.1 Å². The Kier molecular flexibility index (Phi) is 7.56. The van der Waals surface area contributed by atoms with Crippen molar-refractivity contribution in [3.05, 3.63) is 34.3 Å². The Hall–Kier alpha value is -0.380. The van der Waals surface area contributed by atoms with Gasteiger partial charge in [0, 0.05) is 11.0 Å². The fourth-order valence-corrected chi connectivity index (χ4v) is 2.20. The van der Waals surface area contributed by atoms with Gasteiger partial charge in [0.05, 0.1) is 6.10 Å². The lowest BCUT2D eigenvalue weighted by atomic mass is 10.1. The molecule has 0 saturated heterocycles. The summed E-state index contributed by atoms with van der Waals surface area (Å²) >= 11 is 3.40. The highest BCUT2D eigenvalue weighted by Gasteiger charge is 2.08. The molecule has 0 aliphatic carbocycles. The molecule has 2 nitrogen and oxygen atoms in total. The number of aliphatic hydroxyl groups is 1. The highest BCUT2D eigenvalue weighted by molar-refractivity contribution is 9.10. The van der Waals surface area contributed by atoms with E-state index in [-0.39, 0.29) is 6.10 Å². The minimum Gasteiger partial charge on any atom is -0.388 e. The van der Waals surface area contributed by atoms with Crippen molar-refractivity contribution in [1.29, 1.82) is 0 Å². The molecule has 0 heterocycles. The molecule has 0 aliphatic rings. The minimum absolute atomic E-state index is 0.355. The normalized spacial score (nSPS) is 12.9. The summed E-state index contributed by atoms with van der Waals surface area (Å²) in [7, 11) is 2.13. The summed E-state index contributed by atoms with van der Waals surface area (Å²) in [5, 5.41) is 10.1. The van der Waals surface area contributed by atoms with Gasteiger partial charge in [-0.1, -0.05) is 47.8 Å². The minimum atomic E-state index is -0.355. The first-order chi connectivity index (χ1) is 8.63. The quantitative estimate of drug-likeness (QED) is 0.733. The van der Waals surface area contributed by atoms with Crippen molar-refractivity contribution in [3.63, 3.8) is 0 Å². The molecular weight excluding hydrogens is 290 g/mol. The van der Waals surface area contributed by atoms with Crippen LogP contribution in [0.25, 0.3) is 0 Å². The van der Waals surface area contributed by atoms with Gasteiger partial charge in [0.1, 0.15) is 0 Å². The first kappa shape index (κ1) is 15.7. The summed E-state index contributed by atoms with van der Waals surface area (Å²) in [6.07, 6.45) is 4.24. The molecule has 1 N–H and O–H groups in total. The molecule has 102 valence electrons. The summed E-state index contributed by atoms with van der Waals surface area (Å²) in [5.41, 5.74) is 1.00. The predicted molar refractivity (Wildman–Crippen MR) is 80.7 cm³/mol. The number of hydrogen-bond acceptors (Lipinski definition) is 2. The van der Waals surface area contributed by atoms with Crippen LogP contribution >= 0.6 is 15.9 Å². The van der Waals surface area contributed by atoms with Crippen LogP contribution in [-0.2, 0) is 0 Å². The van der Waals surface area contributed by atoms with Crippen LogP contribution in [0.5, 0.6) is 0 Å². The predicted octanol–water partition coefficient (Wildman–Crippen LogP) is 3.99. The topological polar surface area (TPSA) is 23.5 Å². The van der Waals surface area contributed by atoms with E-state index in [1.165, 1.54) is 19.3 Å². The zero-order chi connectivity index (χ0) is 13.4. The molecule has 1 atom stereocenters. The van der Waals surface area contributed by atoms with Crippen molar-refractivity contribution in [3.8, 4) is 0 Å². The summed E-state index contributed by atoms with van der Waals surface area (Å²) in [6.45, 7) is 4.29. The van der Waals surface area contributed by atoms with E-state index in [9.17, 15) is 5.11 Å². The van der Waals surface area contributed by atoms with E-state index in [0.717, 1.165) is 29.5 Å². The Balaban J connectivity index is 2.27. The maximum absolute atomic E-state index is 10.1. The Morgan fingerprint density at radius 2 is 1.83 bits per heavy atom. The van der Waals surface area contributed by atoms with Crippen molar-refractivity contribution in [2.75, 3.05) is 20.1 Å². The molecule has 1 aromatic rings. The summed E-state index contributed by atoms with van der Waals surface area (Å²) in [5.74, 6) is 0. The van der Waals surface area contributed by atoms with Crippen LogP contribution in [0.2, 0.25) is 0 Å². The van der Waals surface area contributed by atoms with E-state index < -0.39 is 0 Å². The number of rotatable bonds is 8. The second-order valence-corrected chi connectivity index (χ2v) is 5.78. The first-order valence-electron chi connectivity index (χ1n) is 6.75. The van der Waals surface area contributed by atoms with Gasteiger partial charge in [-0.2, -0.15) is 0 Å². The number of aliphatic hydroxyl groups excluding tert-OH is 1. The molecule has 0 fully saturated rings. The summed E-state index contributed by atoms with van der Waals surface area (Å²) in [4.78, 5) is 2.30. The monoisotopic (exact) mass is 313 g/mol. The third kappa shape index (κ3) is 5.98. The van der Waals surface area contributed by atoms with Crippen LogP contribution in [0.3, 0.4) is 0 Å². The third-order valence-electron chi connectivity index (χ3n) is 3.18. The molecule has 18 heavy (non-hydrogen) atoms. The van der Waals surface area contributed by atoms with Crippen LogP contribution in [0.4, 0.5) is 0 Å². The molecule has 1 rings (SSSR count). The smallest absolute Gasteiger partial charge is 0.0802 e. The van der Waals surface area contributed by atoms with Crippen molar-refractivity contribution in [2.24, 2.45) is 0 Å². The van der Waals surface area contributed by atoms with Crippen LogP contribution in [0.15, 0.2) is 28.7 Å². The van der Waals surface area contributed by atoms with Gasteiger partial charge >= 0.3 is 0 Å². The number of hydrogen-bond donors (Lipinski definition) is 1. The summed E-state index contributed by atoms with van der Waals surface area (Å²) in [6, 6.07) is 7.91. The Morgan fingerprint density at radius 1 is 1.17 bits per heavy atom. The summed E-state index contributed by atoms with van der Waals surface area (Å²) < 4.78 is 1.05. The molecule has 3 heteroatoms. The van der Waals surface area contributed by atoms with E-state index >= 15 is 0 Å². The fraction of sp³-hybridized carbons (Fsp3) is 0.600. The average molecular weight is 314 g/mol. The molecule has 1 aromatic carbocycles. The number of benzene rings is 1. The molecule has 0 aliphatic heterocycles. The third-order valence-corrected chi connectivity index (χ3v) is 3.71. The van der Waals surface area contributed by atoms with Crippen LogP contribution in [0.1, 0.15) is 44.3 Å². The molecule has 0 bridgehead atoms. The highest BCUT2D eigenvalue weighted by atomic mass is 79.9. The Bertz CT molecular complexity index is 326. The van der Waals surface area contributed by atoms with E-state index in [1.54, 1.807) is 0 Å². The van der Waals surface area contributed by atoms with E-state index in [2.05, 4.69) is 34.8 Å². The zero-order valence-corrected chi connectivity index (χ0v) is 13.0. The van der Waals surface area contributed by atoms with E-state index in [1.807, 2.05) is 24.3 Å². The molecule has 0 spiro atoms. The molecule has 0 amide bonds. The van der Waals surface area contributed by atoms with E-state index in [4.69, 9.17) is 0 Å². The van der Waals surface area contributed by atoms with Gasteiger partial charge in [-0.15, -0.1) is 0 Å².